The molecule has 1 heterocycles. The number of nitrogens with zero attached hydrogens (tertiary/aromatic N) is 1. The minimum Gasteiger partial charge on any atom is -0.363 e. The van der Waals surface area contributed by atoms with Gasteiger partial charge in [-0.1, -0.05) is 0 Å². The molecule has 1 aromatic heterocycles. The predicted molar refractivity (Wildman–Crippen MR) is 43.3 cm³/mol. The summed E-state index contributed by atoms with van der Waals surface area (Å²) in [6.45, 7) is 0. The van der Waals surface area contributed by atoms with Crippen molar-refractivity contribution in [1.82, 2.24) is 9.88 Å². The zero-order chi connectivity index (χ0) is 10.1. The van der Waals surface area contributed by atoms with Gasteiger partial charge >= 0.3 is 6.18 Å². The van der Waals surface area contributed by atoms with Crippen molar-refractivity contribution in [3.05, 3.63) is 24.0 Å². The van der Waals surface area contributed by atoms with Crippen LogP contribution in [0.4, 0.5) is 13.2 Å². The van der Waals surface area contributed by atoms with Crippen molar-refractivity contribution in [2.75, 3.05) is 14.1 Å². The van der Waals surface area contributed by atoms with Gasteiger partial charge in [-0.2, -0.15) is 13.2 Å². The molecule has 0 aliphatic heterocycles. The molecule has 0 radical (unpaired) electrons. The lowest BCUT2D eigenvalue weighted by molar-refractivity contribution is -0.180. The van der Waals surface area contributed by atoms with Crippen LogP contribution in [0.3, 0.4) is 0 Å². The third kappa shape index (κ3) is 2.24. The van der Waals surface area contributed by atoms with Crippen molar-refractivity contribution < 1.29 is 13.2 Å². The van der Waals surface area contributed by atoms with Crippen LogP contribution in [-0.2, 0) is 0 Å². The summed E-state index contributed by atoms with van der Waals surface area (Å²) in [7, 11) is 2.80. The summed E-state index contributed by atoms with van der Waals surface area (Å²) in [6.07, 6.45) is -2.76. The molecular weight excluding hydrogens is 181 g/mol. The first-order valence-electron chi connectivity index (χ1n) is 3.79. The Kier molecular flexibility index (Phi) is 2.66. The van der Waals surface area contributed by atoms with Crippen molar-refractivity contribution in [1.29, 1.82) is 0 Å². The molecule has 0 saturated carbocycles. The van der Waals surface area contributed by atoms with Gasteiger partial charge in [-0.05, 0) is 26.2 Å². The smallest absolute Gasteiger partial charge is 0.363 e. The molecule has 1 N–H and O–H groups in total. The van der Waals surface area contributed by atoms with Gasteiger partial charge in [-0.3, -0.25) is 4.90 Å². The highest BCUT2D eigenvalue weighted by Gasteiger charge is 2.42. The van der Waals surface area contributed by atoms with Gasteiger partial charge in [0.05, 0.1) is 0 Å². The van der Waals surface area contributed by atoms with E-state index in [0.29, 0.717) is 0 Å². The number of alkyl halides is 3. The molecule has 2 nitrogen and oxygen atoms in total. The molecular formula is C8H11F3N2. The highest BCUT2D eigenvalue weighted by molar-refractivity contribution is 5.11. The van der Waals surface area contributed by atoms with Crippen LogP contribution in [-0.4, -0.2) is 30.2 Å². The molecule has 74 valence electrons. The molecule has 1 rings (SSSR count). The maximum absolute atomic E-state index is 12.5. The van der Waals surface area contributed by atoms with Gasteiger partial charge in [-0.25, -0.2) is 0 Å². The standard InChI is InChI=1S/C8H11F3N2/c1-13(2)7(8(9,10)11)6-4-3-5-12-6/h3-5,7,12H,1-2H3. The van der Waals surface area contributed by atoms with Gasteiger partial charge in [0.2, 0.25) is 0 Å². The van der Waals surface area contributed by atoms with E-state index in [9.17, 15) is 13.2 Å². The average molecular weight is 192 g/mol. The van der Waals surface area contributed by atoms with Crippen LogP contribution in [0.1, 0.15) is 11.7 Å². The van der Waals surface area contributed by atoms with E-state index in [1.165, 1.54) is 26.4 Å². The number of aromatic nitrogens is 1. The number of aromatic amines is 1. The van der Waals surface area contributed by atoms with E-state index in [4.69, 9.17) is 0 Å². The molecule has 0 fully saturated rings. The topological polar surface area (TPSA) is 19.0 Å². The molecule has 13 heavy (non-hydrogen) atoms. The highest BCUT2D eigenvalue weighted by Crippen LogP contribution is 2.35. The summed E-state index contributed by atoms with van der Waals surface area (Å²) in [5, 5.41) is 0. The van der Waals surface area contributed by atoms with E-state index >= 15 is 0 Å². The van der Waals surface area contributed by atoms with Crippen LogP contribution in [0, 0.1) is 0 Å². The fourth-order valence-corrected chi connectivity index (χ4v) is 1.26. The van der Waals surface area contributed by atoms with Gasteiger partial charge in [0.15, 0.2) is 0 Å². The zero-order valence-electron chi connectivity index (χ0n) is 7.39. The second-order valence-electron chi connectivity index (χ2n) is 3.03. The lowest BCUT2D eigenvalue weighted by Gasteiger charge is -2.25. The summed E-state index contributed by atoms with van der Waals surface area (Å²) < 4.78 is 37.4. The van der Waals surface area contributed by atoms with E-state index in [1.807, 2.05) is 0 Å². The van der Waals surface area contributed by atoms with E-state index in [-0.39, 0.29) is 5.69 Å². The summed E-state index contributed by atoms with van der Waals surface area (Å²) in [4.78, 5) is 3.69. The van der Waals surface area contributed by atoms with Crippen LogP contribution < -0.4 is 0 Å². The lowest BCUT2D eigenvalue weighted by atomic mass is 10.2. The summed E-state index contributed by atoms with van der Waals surface area (Å²) in [6, 6.07) is 1.43. The molecule has 1 aromatic rings. The number of rotatable bonds is 2. The van der Waals surface area contributed by atoms with Gasteiger partial charge in [-0.15, -0.1) is 0 Å². The normalized spacial score (nSPS) is 14.9. The van der Waals surface area contributed by atoms with Gasteiger partial charge in [0.25, 0.3) is 0 Å². The van der Waals surface area contributed by atoms with Crippen LogP contribution in [0.2, 0.25) is 0 Å². The number of halogens is 3. The summed E-state index contributed by atoms with van der Waals surface area (Å²) in [5.74, 6) is 0. The Hall–Kier alpha value is -0.970. The van der Waals surface area contributed by atoms with E-state index in [1.54, 1.807) is 6.07 Å². The molecule has 0 spiro atoms. The molecule has 0 aromatic carbocycles. The second kappa shape index (κ2) is 3.41. The fourth-order valence-electron chi connectivity index (χ4n) is 1.26. The van der Waals surface area contributed by atoms with Crippen molar-refractivity contribution in [3.63, 3.8) is 0 Å². The maximum Gasteiger partial charge on any atom is 0.409 e. The maximum atomic E-state index is 12.5. The van der Waals surface area contributed by atoms with E-state index < -0.39 is 12.2 Å². The summed E-state index contributed by atoms with van der Waals surface area (Å²) >= 11 is 0. The quantitative estimate of drug-likeness (QED) is 0.760. The van der Waals surface area contributed by atoms with Gasteiger partial charge in [0.1, 0.15) is 6.04 Å². The van der Waals surface area contributed by atoms with Crippen LogP contribution >= 0.6 is 0 Å². The minimum atomic E-state index is -4.24. The predicted octanol–water partition coefficient (Wildman–Crippen LogP) is 2.18. The Morgan fingerprint density at radius 1 is 1.38 bits per heavy atom. The van der Waals surface area contributed by atoms with E-state index in [2.05, 4.69) is 4.98 Å². The van der Waals surface area contributed by atoms with Crippen molar-refractivity contribution in [3.8, 4) is 0 Å². The second-order valence-corrected chi connectivity index (χ2v) is 3.03. The highest BCUT2D eigenvalue weighted by atomic mass is 19.4. The number of hydrogen-bond donors (Lipinski definition) is 1. The fraction of sp³-hybridized carbons (Fsp3) is 0.500. The third-order valence-corrected chi connectivity index (χ3v) is 1.74. The molecule has 5 heteroatoms. The van der Waals surface area contributed by atoms with E-state index in [0.717, 1.165) is 4.90 Å². The minimum absolute atomic E-state index is 0.164. The van der Waals surface area contributed by atoms with Crippen molar-refractivity contribution in [2.45, 2.75) is 12.2 Å². The summed E-state index contributed by atoms with van der Waals surface area (Å²) in [5.41, 5.74) is 0.164. The van der Waals surface area contributed by atoms with Gasteiger partial charge in [0, 0.05) is 11.9 Å². The first-order chi connectivity index (χ1) is 5.93. The molecule has 1 atom stereocenters. The molecule has 0 bridgehead atoms. The van der Waals surface area contributed by atoms with Crippen LogP contribution in [0.25, 0.3) is 0 Å². The monoisotopic (exact) mass is 192 g/mol. The number of nitrogens with one attached hydrogen (secondary N) is 1. The molecule has 0 amide bonds. The molecule has 1 unspecified atom stereocenters. The molecule has 0 aliphatic carbocycles. The third-order valence-electron chi connectivity index (χ3n) is 1.74. The number of hydrogen-bond acceptors (Lipinski definition) is 1. The largest absolute Gasteiger partial charge is 0.409 e. The first kappa shape index (κ1) is 10.1. The average Bonchev–Trinajstić information content (AvgIpc) is 2.34. The van der Waals surface area contributed by atoms with Crippen LogP contribution in [0.5, 0.6) is 0 Å². The molecule has 0 aliphatic rings. The van der Waals surface area contributed by atoms with Gasteiger partial charge < -0.3 is 4.98 Å². The Balaban J connectivity index is 2.94. The molecule has 0 saturated heterocycles. The Morgan fingerprint density at radius 2 is 2.00 bits per heavy atom. The SMILES string of the molecule is CN(C)C(c1ccc[nH]1)C(F)(F)F. The Bertz CT molecular complexity index is 251. The Labute approximate surface area is 74.4 Å². The Morgan fingerprint density at radius 3 is 2.31 bits per heavy atom. The lowest BCUT2D eigenvalue weighted by Crippen LogP contribution is -2.33. The van der Waals surface area contributed by atoms with Crippen molar-refractivity contribution in [2.24, 2.45) is 0 Å². The zero-order valence-corrected chi connectivity index (χ0v) is 7.39. The van der Waals surface area contributed by atoms with Crippen LogP contribution in [0.15, 0.2) is 18.3 Å². The number of H-pyrrole nitrogens is 1. The van der Waals surface area contributed by atoms with Crippen molar-refractivity contribution >= 4 is 0 Å². The first-order valence-corrected chi connectivity index (χ1v) is 3.79.